The number of benzene rings is 1. The Hall–Kier alpha value is -0.730. The van der Waals surface area contributed by atoms with Crippen molar-refractivity contribution in [1.29, 1.82) is 0 Å². The number of amides is 1. The molecule has 0 spiro atoms. The molecule has 1 rings (SSSR count). The van der Waals surface area contributed by atoms with Gasteiger partial charge in [-0.25, -0.2) is 0 Å². The molecule has 0 aromatic heterocycles. The SMILES string of the molecule is CCCCCCCCCCCCCC(=O)Nc1cccc(Cl)c1Cl. The summed E-state index contributed by atoms with van der Waals surface area (Å²) in [4.78, 5) is 11.9. The Morgan fingerprint density at radius 1 is 0.875 bits per heavy atom. The van der Waals surface area contributed by atoms with Crippen LogP contribution in [0.5, 0.6) is 0 Å². The monoisotopic (exact) mass is 371 g/mol. The van der Waals surface area contributed by atoms with E-state index in [4.69, 9.17) is 23.2 Å². The van der Waals surface area contributed by atoms with E-state index in [1.54, 1.807) is 18.2 Å². The van der Waals surface area contributed by atoms with Gasteiger partial charge in [0.15, 0.2) is 0 Å². The summed E-state index contributed by atoms with van der Waals surface area (Å²) in [5.41, 5.74) is 0.595. The highest BCUT2D eigenvalue weighted by Crippen LogP contribution is 2.29. The molecule has 0 saturated heterocycles. The highest BCUT2D eigenvalue weighted by atomic mass is 35.5. The van der Waals surface area contributed by atoms with Gasteiger partial charge in [-0.3, -0.25) is 4.79 Å². The van der Waals surface area contributed by atoms with E-state index >= 15 is 0 Å². The van der Waals surface area contributed by atoms with Crippen LogP contribution in [0.1, 0.15) is 84.0 Å². The number of halogens is 2. The molecule has 0 saturated carbocycles. The van der Waals surface area contributed by atoms with Crippen molar-refractivity contribution in [2.75, 3.05) is 5.32 Å². The Bertz CT molecular complexity index is 477. The standard InChI is InChI=1S/C20H31Cl2NO/c1-2-3-4-5-6-7-8-9-10-11-12-16-19(24)23-18-15-13-14-17(21)20(18)22/h13-15H,2-12,16H2,1H3,(H,23,24). The summed E-state index contributed by atoms with van der Waals surface area (Å²) in [6.07, 6.45) is 14.6. The van der Waals surface area contributed by atoms with Crippen molar-refractivity contribution in [3.63, 3.8) is 0 Å². The number of unbranched alkanes of at least 4 members (excludes halogenated alkanes) is 10. The zero-order valence-electron chi connectivity index (χ0n) is 14.9. The maximum Gasteiger partial charge on any atom is 0.224 e. The van der Waals surface area contributed by atoms with Gasteiger partial charge in [0.2, 0.25) is 5.91 Å². The molecule has 0 aliphatic rings. The van der Waals surface area contributed by atoms with Gasteiger partial charge in [0.05, 0.1) is 15.7 Å². The van der Waals surface area contributed by atoms with Crippen LogP contribution in [0.2, 0.25) is 10.0 Å². The van der Waals surface area contributed by atoms with Crippen LogP contribution >= 0.6 is 23.2 Å². The number of anilines is 1. The first-order chi connectivity index (χ1) is 11.6. The summed E-state index contributed by atoms with van der Waals surface area (Å²) in [5.74, 6) is 0.00934. The number of nitrogens with one attached hydrogen (secondary N) is 1. The van der Waals surface area contributed by atoms with Crippen molar-refractivity contribution in [2.45, 2.75) is 84.0 Å². The zero-order chi connectivity index (χ0) is 17.6. The molecule has 0 unspecified atom stereocenters. The molecule has 0 heterocycles. The number of rotatable bonds is 13. The first-order valence-electron chi connectivity index (χ1n) is 9.39. The maximum atomic E-state index is 11.9. The molecule has 2 nitrogen and oxygen atoms in total. The van der Waals surface area contributed by atoms with Crippen molar-refractivity contribution in [2.24, 2.45) is 0 Å². The second kappa shape index (κ2) is 13.5. The summed E-state index contributed by atoms with van der Waals surface area (Å²) < 4.78 is 0. The third-order valence-corrected chi connectivity index (χ3v) is 5.05. The molecule has 1 N–H and O–H groups in total. The molecule has 1 aromatic rings. The van der Waals surface area contributed by atoms with E-state index in [1.807, 2.05) is 0 Å². The van der Waals surface area contributed by atoms with Gasteiger partial charge in [-0.1, -0.05) is 100 Å². The average molecular weight is 372 g/mol. The van der Waals surface area contributed by atoms with Gasteiger partial charge >= 0.3 is 0 Å². The number of carbonyl (C=O) groups is 1. The van der Waals surface area contributed by atoms with Crippen LogP contribution in [0.3, 0.4) is 0 Å². The van der Waals surface area contributed by atoms with E-state index in [-0.39, 0.29) is 5.91 Å². The van der Waals surface area contributed by atoms with Crippen LogP contribution in [-0.2, 0) is 4.79 Å². The summed E-state index contributed by atoms with van der Waals surface area (Å²) >= 11 is 12.0. The molecule has 0 aliphatic heterocycles. The fourth-order valence-electron chi connectivity index (χ4n) is 2.76. The quantitative estimate of drug-likeness (QED) is 0.354. The van der Waals surface area contributed by atoms with Gasteiger partial charge in [0, 0.05) is 6.42 Å². The van der Waals surface area contributed by atoms with E-state index in [0.29, 0.717) is 22.2 Å². The lowest BCUT2D eigenvalue weighted by Crippen LogP contribution is -2.11. The van der Waals surface area contributed by atoms with Gasteiger partial charge in [-0.05, 0) is 18.6 Å². The molecular weight excluding hydrogens is 341 g/mol. The number of carbonyl (C=O) groups excluding carboxylic acids is 1. The first kappa shape index (κ1) is 21.3. The van der Waals surface area contributed by atoms with Crippen LogP contribution in [0.25, 0.3) is 0 Å². The van der Waals surface area contributed by atoms with Gasteiger partial charge in [-0.15, -0.1) is 0 Å². The van der Waals surface area contributed by atoms with Crippen LogP contribution in [0, 0.1) is 0 Å². The molecule has 0 fully saturated rings. The third kappa shape index (κ3) is 9.54. The van der Waals surface area contributed by atoms with Crippen molar-refractivity contribution in [3.05, 3.63) is 28.2 Å². The largest absolute Gasteiger partial charge is 0.325 e. The third-order valence-electron chi connectivity index (χ3n) is 4.23. The van der Waals surface area contributed by atoms with E-state index in [9.17, 15) is 4.79 Å². The molecule has 136 valence electrons. The second-order valence-corrected chi connectivity index (χ2v) is 7.22. The summed E-state index contributed by atoms with van der Waals surface area (Å²) in [7, 11) is 0. The van der Waals surface area contributed by atoms with Crippen molar-refractivity contribution in [3.8, 4) is 0 Å². The van der Waals surface area contributed by atoms with Crippen molar-refractivity contribution < 1.29 is 4.79 Å². The average Bonchev–Trinajstić information content (AvgIpc) is 2.57. The van der Waals surface area contributed by atoms with E-state index in [0.717, 1.165) is 12.8 Å². The second-order valence-electron chi connectivity index (χ2n) is 6.44. The Balaban J connectivity index is 1.99. The molecule has 1 aromatic carbocycles. The van der Waals surface area contributed by atoms with Crippen molar-refractivity contribution in [1.82, 2.24) is 0 Å². The Morgan fingerprint density at radius 2 is 1.42 bits per heavy atom. The summed E-state index contributed by atoms with van der Waals surface area (Å²) in [6, 6.07) is 5.27. The fraction of sp³-hybridized carbons (Fsp3) is 0.650. The van der Waals surface area contributed by atoms with E-state index in [2.05, 4.69) is 12.2 Å². The molecule has 0 radical (unpaired) electrons. The fourth-order valence-corrected chi connectivity index (χ4v) is 3.11. The Kier molecular flexibility index (Phi) is 12.0. The lowest BCUT2D eigenvalue weighted by Gasteiger charge is -2.08. The lowest BCUT2D eigenvalue weighted by atomic mass is 10.1. The normalized spacial score (nSPS) is 10.8. The smallest absolute Gasteiger partial charge is 0.224 e. The minimum absolute atomic E-state index is 0.00934. The minimum Gasteiger partial charge on any atom is -0.325 e. The Morgan fingerprint density at radius 3 is 2.00 bits per heavy atom. The van der Waals surface area contributed by atoms with Crippen LogP contribution in [0.4, 0.5) is 5.69 Å². The molecule has 0 bridgehead atoms. The molecule has 0 atom stereocenters. The van der Waals surface area contributed by atoms with Crippen molar-refractivity contribution >= 4 is 34.8 Å². The van der Waals surface area contributed by atoms with Crippen LogP contribution in [-0.4, -0.2) is 5.91 Å². The molecule has 0 aliphatic carbocycles. The van der Waals surface area contributed by atoms with Crippen LogP contribution in [0.15, 0.2) is 18.2 Å². The minimum atomic E-state index is 0.00934. The van der Waals surface area contributed by atoms with Gasteiger partial charge in [0.25, 0.3) is 0 Å². The molecule has 24 heavy (non-hydrogen) atoms. The maximum absolute atomic E-state index is 11.9. The predicted molar refractivity (Wildman–Crippen MR) is 106 cm³/mol. The predicted octanol–water partition coefficient (Wildman–Crippen LogP) is 7.63. The topological polar surface area (TPSA) is 29.1 Å². The highest BCUT2D eigenvalue weighted by molar-refractivity contribution is 6.43. The molecule has 4 heteroatoms. The van der Waals surface area contributed by atoms with Gasteiger partial charge in [-0.2, -0.15) is 0 Å². The summed E-state index contributed by atoms with van der Waals surface area (Å²) in [6.45, 7) is 2.25. The summed E-state index contributed by atoms with van der Waals surface area (Å²) in [5, 5.41) is 3.70. The highest BCUT2D eigenvalue weighted by Gasteiger charge is 2.07. The zero-order valence-corrected chi connectivity index (χ0v) is 16.4. The number of hydrogen-bond acceptors (Lipinski definition) is 1. The number of hydrogen-bond donors (Lipinski definition) is 1. The van der Waals surface area contributed by atoms with E-state index < -0.39 is 0 Å². The van der Waals surface area contributed by atoms with Gasteiger partial charge < -0.3 is 5.32 Å². The van der Waals surface area contributed by atoms with Crippen LogP contribution < -0.4 is 5.32 Å². The van der Waals surface area contributed by atoms with E-state index in [1.165, 1.54) is 57.8 Å². The Labute approximate surface area is 157 Å². The molecule has 1 amide bonds. The van der Waals surface area contributed by atoms with Gasteiger partial charge in [0.1, 0.15) is 0 Å². The lowest BCUT2D eigenvalue weighted by molar-refractivity contribution is -0.116. The first-order valence-corrected chi connectivity index (χ1v) is 10.1. The molecular formula is C20H31Cl2NO.